The Bertz CT molecular complexity index is 1770. The molecule has 43 heavy (non-hydrogen) atoms. The highest BCUT2D eigenvalue weighted by atomic mass is 32.1. The summed E-state index contributed by atoms with van der Waals surface area (Å²) in [6, 6.07) is 7.44. The molecular weight excluding hydrogens is 574 g/mol. The molecule has 11 nitrogen and oxygen atoms in total. The maximum absolute atomic E-state index is 14.2. The summed E-state index contributed by atoms with van der Waals surface area (Å²) >= 11 is 1.20. The number of methoxy groups -OCH3 is 1. The number of ether oxygens (including phenoxy) is 2. The lowest BCUT2D eigenvalue weighted by Crippen LogP contribution is -2.52. The number of para-hydroxylation sites is 1. The van der Waals surface area contributed by atoms with E-state index in [1.807, 2.05) is 24.3 Å². The molecular formula is C31H35N3O8S. The maximum atomic E-state index is 14.2. The van der Waals surface area contributed by atoms with E-state index in [0.717, 1.165) is 35.8 Å². The lowest BCUT2D eigenvalue weighted by molar-refractivity contribution is -0.146. The van der Waals surface area contributed by atoms with Crippen LogP contribution in [0, 0.1) is 18.8 Å². The quantitative estimate of drug-likeness (QED) is 0.283. The largest absolute Gasteiger partial charge is 0.496 e. The summed E-state index contributed by atoms with van der Waals surface area (Å²) in [5, 5.41) is 20.4. The number of thiophene rings is 1. The lowest BCUT2D eigenvalue weighted by atomic mass is 10.0. The monoisotopic (exact) mass is 609 g/mol. The van der Waals surface area contributed by atoms with Crippen molar-refractivity contribution in [3.05, 3.63) is 68.7 Å². The molecule has 2 fully saturated rings. The van der Waals surface area contributed by atoms with Gasteiger partial charge in [-0.15, -0.1) is 11.3 Å². The van der Waals surface area contributed by atoms with Gasteiger partial charge < -0.3 is 24.1 Å². The molecule has 228 valence electrons. The Labute approximate surface area is 251 Å². The zero-order chi connectivity index (χ0) is 30.6. The molecule has 3 aromatic heterocycles. The second-order valence-electron chi connectivity index (χ2n) is 12.1. The van der Waals surface area contributed by atoms with Crippen LogP contribution in [0.3, 0.4) is 0 Å². The van der Waals surface area contributed by atoms with Crippen LogP contribution >= 0.6 is 11.3 Å². The van der Waals surface area contributed by atoms with Crippen molar-refractivity contribution in [3.63, 3.8) is 0 Å². The summed E-state index contributed by atoms with van der Waals surface area (Å²) in [7, 11) is 1.57. The van der Waals surface area contributed by atoms with Crippen LogP contribution in [-0.4, -0.2) is 49.6 Å². The van der Waals surface area contributed by atoms with Gasteiger partial charge in [0.25, 0.3) is 5.56 Å². The lowest BCUT2D eigenvalue weighted by Gasteiger charge is -2.27. The van der Waals surface area contributed by atoms with E-state index in [-0.39, 0.29) is 24.1 Å². The average molecular weight is 610 g/mol. The molecule has 4 unspecified atom stereocenters. The van der Waals surface area contributed by atoms with Crippen LogP contribution in [0.5, 0.6) is 5.75 Å². The van der Waals surface area contributed by atoms with Gasteiger partial charge in [-0.25, -0.2) is 19.1 Å². The molecule has 0 amide bonds. The van der Waals surface area contributed by atoms with E-state index in [2.05, 4.69) is 4.98 Å². The van der Waals surface area contributed by atoms with Gasteiger partial charge in [0.1, 0.15) is 28.5 Å². The fourth-order valence-corrected chi connectivity index (χ4v) is 8.06. The van der Waals surface area contributed by atoms with E-state index >= 15 is 0 Å². The predicted molar refractivity (Wildman–Crippen MR) is 160 cm³/mol. The summed E-state index contributed by atoms with van der Waals surface area (Å²) < 4.78 is 20.3. The number of oxazole rings is 1. The predicted octanol–water partition coefficient (Wildman–Crippen LogP) is 4.32. The first-order valence-electron chi connectivity index (χ1n) is 14.4. The normalized spacial score (nSPS) is 22.6. The highest BCUT2D eigenvalue weighted by Crippen LogP contribution is 2.47. The minimum Gasteiger partial charge on any atom is -0.496 e. The number of aliphatic hydroxyl groups excluding tert-OH is 1. The molecule has 2 aliphatic rings. The van der Waals surface area contributed by atoms with Crippen molar-refractivity contribution in [2.24, 2.45) is 11.8 Å². The van der Waals surface area contributed by atoms with Gasteiger partial charge in [0.2, 0.25) is 5.89 Å². The van der Waals surface area contributed by atoms with Gasteiger partial charge in [-0.2, -0.15) is 0 Å². The number of carboxylic acids is 1. The Hall–Kier alpha value is -3.74. The van der Waals surface area contributed by atoms with E-state index < -0.39 is 28.9 Å². The van der Waals surface area contributed by atoms with Crippen molar-refractivity contribution in [1.29, 1.82) is 0 Å². The minimum absolute atomic E-state index is 0.00508. The van der Waals surface area contributed by atoms with Crippen molar-refractivity contribution >= 4 is 27.5 Å². The summed E-state index contributed by atoms with van der Waals surface area (Å²) in [5.41, 5.74) is -1.98. The molecule has 4 aromatic rings. The number of aryl methyl sites for hydroxylation is 1. The number of carbonyl (C=O) groups is 1. The molecule has 1 aromatic carbocycles. The zero-order valence-corrected chi connectivity index (χ0v) is 25.3. The Morgan fingerprint density at radius 2 is 1.88 bits per heavy atom. The number of fused-ring (bicyclic) bond motifs is 2. The van der Waals surface area contributed by atoms with E-state index in [9.17, 15) is 24.6 Å². The third kappa shape index (κ3) is 5.00. The second-order valence-corrected chi connectivity index (χ2v) is 13.1. The number of rotatable bonds is 9. The Morgan fingerprint density at radius 1 is 1.19 bits per heavy atom. The molecule has 2 aliphatic carbocycles. The number of aliphatic hydroxyl groups is 1. The third-order valence-electron chi connectivity index (χ3n) is 9.06. The molecule has 3 heterocycles. The first-order chi connectivity index (χ1) is 20.5. The minimum atomic E-state index is -1.83. The van der Waals surface area contributed by atoms with Crippen LogP contribution in [-0.2, 0) is 21.6 Å². The number of hydrogen-bond donors (Lipinski definition) is 2. The van der Waals surface area contributed by atoms with Gasteiger partial charge in [0.15, 0.2) is 0 Å². The standard InChI is InChI=1S/C31H35N3O8S/c1-16-24-27(36)34(31(2,3)29(37)38)30(39)33(28(24)43-25(16)26-32-9-10-41-26)15-23(21-7-5-6-8-22(21)40-4)42-20-13-17-11-19(35)12-18(17)14-20/h5-10,17-20,23,35H,11-15H2,1-4H3,(H,37,38)/t17-,18?,19?,20?,23?/m0/s1. The number of benzene rings is 1. The van der Waals surface area contributed by atoms with E-state index in [0.29, 0.717) is 38.7 Å². The van der Waals surface area contributed by atoms with Gasteiger partial charge in [0, 0.05) is 5.56 Å². The SMILES string of the molecule is COc1ccccc1C(Cn1c(=O)n(C(C)(C)C(=O)O)c(=O)c2c(C)c(-c3ncco3)sc21)OC1CC2CC(O)C[C@H]2C1. The number of carboxylic acid groups (broad SMARTS) is 1. The van der Waals surface area contributed by atoms with Gasteiger partial charge in [-0.3, -0.25) is 9.36 Å². The van der Waals surface area contributed by atoms with E-state index in [4.69, 9.17) is 13.9 Å². The molecule has 6 rings (SSSR count). The van der Waals surface area contributed by atoms with Crippen molar-refractivity contribution in [2.75, 3.05) is 7.11 Å². The Kier molecular flexibility index (Phi) is 7.55. The molecule has 0 spiro atoms. The van der Waals surface area contributed by atoms with Crippen molar-refractivity contribution in [3.8, 4) is 16.5 Å². The molecule has 0 radical (unpaired) electrons. The van der Waals surface area contributed by atoms with Crippen LogP contribution in [0.25, 0.3) is 21.0 Å². The number of aliphatic carboxylic acids is 1. The van der Waals surface area contributed by atoms with Gasteiger partial charge in [-0.05, 0) is 69.9 Å². The van der Waals surface area contributed by atoms with Crippen LogP contribution in [0.4, 0.5) is 0 Å². The smallest absolute Gasteiger partial charge is 0.333 e. The van der Waals surface area contributed by atoms with Crippen molar-refractivity contribution in [2.45, 2.75) is 76.9 Å². The van der Waals surface area contributed by atoms with Gasteiger partial charge in [-0.1, -0.05) is 18.2 Å². The molecule has 0 bridgehead atoms. The summed E-state index contributed by atoms with van der Waals surface area (Å²) in [4.78, 5) is 45.7. The first-order valence-corrected chi connectivity index (χ1v) is 15.2. The van der Waals surface area contributed by atoms with Crippen LogP contribution in [0.1, 0.15) is 56.8 Å². The fourth-order valence-electron chi connectivity index (χ4n) is 6.82. The van der Waals surface area contributed by atoms with Crippen LogP contribution < -0.4 is 16.0 Å². The van der Waals surface area contributed by atoms with E-state index in [1.165, 1.54) is 42.2 Å². The van der Waals surface area contributed by atoms with Crippen LogP contribution in [0.2, 0.25) is 0 Å². The number of nitrogens with zero attached hydrogens (tertiary/aromatic N) is 3. The summed E-state index contributed by atoms with van der Waals surface area (Å²) in [5.74, 6) is 0.352. The Morgan fingerprint density at radius 3 is 2.51 bits per heavy atom. The molecule has 5 atom stereocenters. The number of aromatic nitrogens is 3. The highest BCUT2D eigenvalue weighted by Gasteiger charge is 2.43. The molecule has 2 saturated carbocycles. The second kappa shape index (κ2) is 11.1. The summed E-state index contributed by atoms with van der Waals surface area (Å²) in [6.07, 6.45) is 5.03. The summed E-state index contributed by atoms with van der Waals surface area (Å²) in [6.45, 7) is 4.42. The third-order valence-corrected chi connectivity index (χ3v) is 10.4. The van der Waals surface area contributed by atoms with Crippen molar-refractivity contribution in [1.82, 2.24) is 14.1 Å². The molecule has 2 N–H and O–H groups in total. The van der Waals surface area contributed by atoms with E-state index in [1.54, 1.807) is 14.0 Å². The van der Waals surface area contributed by atoms with Gasteiger partial charge in [0.05, 0.1) is 42.3 Å². The maximum Gasteiger partial charge on any atom is 0.333 e. The van der Waals surface area contributed by atoms with Crippen molar-refractivity contribution < 1.29 is 28.9 Å². The molecule has 0 aliphatic heterocycles. The molecule has 0 saturated heterocycles. The number of hydrogen-bond acceptors (Lipinski definition) is 9. The van der Waals surface area contributed by atoms with Gasteiger partial charge >= 0.3 is 11.7 Å². The zero-order valence-electron chi connectivity index (χ0n) is 24.5. The van der Waals surface area contributed by atoms with Crippen LogP contribution in [0.15, 0.2) is 50.7 Å². The topological polar surface area (TPSA) is 146 Å². The highest BCUT2D eigenvalue weighted by molar-refractivity contribution is 7.22. The molecule has 12 heteroatoms. The first kappa shape index (κ1) is 29.3. The fraction of sp³-hybridized carbons (Fsp3) is 0.484. The average Bonchev–Trinajstić information content (AvgIpc) is 3.74. The Balaban J connectivity index is 1.52.